The third-order valence-corrected chi connectivity index (χ3v) is 8.51. The molecule has 4 nitrogen and oxygen atoms in total. The number of hydrogen-bond acceptors (Lipinski definition) is 3. The van der Waals surface area contributed by atoms with E-state index in [1.54, 1.807) is 0 Å². The number of amides is 1. The lowest BCUT2D eigenvalue weighted by Gasteiger charge is -2.24. The molecule has 1 amide bonds. The molecule has 4 aromatic carbocycles. The highest BCUT2D eigenvalue weighted by Crippen LogP contribution is 2.41. The van der Waals surface area contributed by atoms with E-state index in [1.165, 1.54) is 27.8 Å². The highest BCUT2D eigenvalue weighted by Gasteiger charge is 2.27. The largest absolute Gasteiger partial charge is 0.399 e. The summed E-state index contributed by atoms with van der Waals surface area (Å²) in [6, 6.07) is 30.6. The number of carbonyl (C=O) groups is 1. The molecular formula is C36H38N2O2. The second kappa shape index (κ2) is 11.9. The van der Waals surface area contributed by atoms with Gasteiger partial charge in [-0.1, -0.05) is 79.2 Å². The molecule has 0 saturated carbocycles. The zero-order chi connectivity index (χ0) is 28.2. The van der Waals surface area contributed by atoms with Crippen molar-refractivity contribution in [3.63, 3.8) is 0 Å². The number of anilines is 1. The minimum absolute atomic E-state index is 0.0356. The Morgan fingerprint density at radius 1 is 0.900 bits per heavy atom. The van der Waals surface area contributed by atoms with Gasteiger partial charge in [0.25, 0.3) is 5.91 Å². The molecule has 2 atom stereocenters. The van der Waals surface area contributed by atoms with Crippen LogP contribution in [0.15, 0.2) is 96.6 Å². The SMILES string of the molecule is CC1=C(C)c2cc(C(=O)NCc3ccc(N)cc3)ccc2C(C)C(Cc2ccc(-c3ccccc3CO)cc2)C1. The zero-order valence-corrected chi connectivity index (χ0v) is 23.6. The van der Waals surface area contributed by atoms with Gasteiger partial charge >= 0.3 is 0 Å². The summed E-state index contributed by atoms with van der Waals surface area (Å²) in [6.07, 6.45) is 2.01. The smallest absolute Gasteiger partial charge is 0.251 e. The van der Waals surface area contributed by atoms with Crippen LogP contribution in [0.25, 0.3) is 16.7 Å². The summed E-state index contributed by atoms with van der Waals surface area (Å²) in [5, 5.41) is 12.8. The number of carbonyl (C=O) groups excluding carboxylic acids is 1. The maximum absolute atomic E-state index is 13.0. The van der Waals surface area contributed by atoms with E-state index >= 15 is 0 Å². The van der Waals surface area contributed by atoms with Crippen LogP contribution in [0.1, 0.15) is 71.3 Å². The number of rotatable bonds is 7. The van der Waals surface area contributed by atoms with E-state index in [4.69, 9.17) is 5.73 Å². The van der Waals surface area contributed by atoms with Crippen LogP contribution in [0, 0.1) is 5.92 Å². The van der Waals surface area contributed by atoms with E-state index in [-0.39, 0.29) is 12.5 Å². The minimum atomic E-state index is -0.0682. The van der Waals surface area contributed by atoms with Crippen LogP contribution >= 0.6 is 0 Å². The summed E-state index contributed by atoms with van der Waals surface area (Å²) in [6.45, 7) is 7.24. The van der Waals surface area contributed by atoms with Crippen molar-refractivity contribution in [3.05, 3.63) is 130 Å². The lowest BCUT2D eigenvalue weighted by Crippen LogP contribution is -2.23. The lowest BCUT2D eigenvalue weighted by atomic mass is 9.80. The van der Waals surface area contributed by atoms with E-state index in [9.17, 15) is 9.90 Å². The fourth-order valence-corrected chi connectivity index (χ4v) is 5.86. The molecule has 0 fully saturated rings. The van der Waals surface area contributed by atoms with Crippen molar-refractivity contribution >= 4 is 17.2 Å². The summed E-state index contributed by atoms with van der Waals surface area (Å²) in [5.41, 5.74) is 17.8. The highest BCUT2D eigenvalue weighted by atomic mass is 16.3. The predicted octanol–water partition coefficient (Wildman–Crippen LogP) is 7.52. The number of hydrogen-bond donors (Lipinski definition) is 3. The molecule has 204 valence electrons. The molecule has 0 aliphatic heterocycles. The monoisotopic (exact) mass is 530 g/mol. The third kappa shape index (κ3) is 5.88. The van der Waals surface area contributed by atoms with Gasteiger partial charge in [-0.25, -0.2) is 0 Å². The Morgan fingerprint density at radius 2 is 1.60 bits per heavy atom. The number of aliphatic hydroxyl groups is 1. The van der Waals surface area contributed by atoms with Crippen LogP contribution in [-0.2, 0) is 19.6 Å². The Morgan fingerprint density at radius 3 is 2.33 bits per heavy atom. The van der Waals surface area contributed by atoms with E-state index in [0.717, 1.165) is 35.1 Å². The summed E-state index contributed by atoms with van der Waals surface area (Å²) in [5.74, 6) is 0.738. The van der Waals surface area contributed by atoms with Crippen molar-refractivity contribution in [2.45, 2.75) is 52.7 Å². The van der Waals surface area contributed by atoms with Crippen molar-refractivity contribution in [1.29, 1.82) is 0 Å². The molecule has 0 heterocycles. The molecule has 1 aliphatic carbocycles. The van der Waals surface area contributed by atoms with Gasteiger partial charge in [0.2, 0.25) is 0 Å². The molecule has 1 aliphatic rings. The molecule has 4 N–H and O–H groups in total. The van der Waals surface area contributed by atoms with Crippen LogP contribution in [0.5, 0.6) is 0 Å². The number of nitrogens with one attached hydrogen (secondary N) is 1. The number of benzene rings is 4. The van der Waals surface area contributed by atoms with Gasteiger partial charge in [0.1, 0.15) is 0 Å². The van der Waals surface area contributed by atoms with Gasteiger partial charge < -0.3 is 16.2 Å². The van der Waals surface area contributed by atoms with Crippen molar-refractivity contribution in [1.82, 2.24) is 5.32 Å². The first-order valence-electron chi connectivity index (χ1n) is 14.1. The standard InChI is InChI=1S/C36H38N2O2/c1-23-18-31(19-26-8-12-28(13-9-26)34-7-5-4-6-30(34)22-39)25(3)33-17-14-29(20-35(33)24(23)2)36(40)38-21-27-10-15-32(37)16-11-27/h4-17,20,25,31,39H,18-19,21-22,37H2,1-3H3,(H,38,40). The molecule has 40 heavy (non-hydrogen) atoms. The first-order valence-corrected chi connectivity index (χ1v) is 14.1. The lowest BCUT2D eigenvalue weighted by molar-refractivity contribution is 0.0951. The Hall–Kier alpha value is -4.15. The van der Waals surface area contributed by atoms with E-state index in [1.807, 2.05) is 48.5 Å². The summed E-state index contributed by atoms with van der Waals surface area (Å²) in [7, 11) is 0. The maximum atomic E-state index is 13.0. The summed E-state index contributed by atoms with van der Waals surface area (Å²) in [4.78, 5) is 13.0. The molecule has 0 saturated heterocycles. The van der Waals surface area contributed by atoms with Crippen LogP contribution < -0.4 is 11.1 Å². The van der Waals surface area contributed by atoms with Crippen molar-refractivity contribution < 1.29 is 9.90 Å². The van der Waals surface area contributed by atoms with Gasteiger partial charge in [-0.3, -0.25) is 4.79 Å². The fraction of sp³-hybridized carbons (Fsp3) is 0.250. The molecule has 0 aromatic heterocycles. The number of allylic oxidation sites excluding steroid dienone is 2. The number of aliphatic hydroxyl groups excluding tert-OH is 1. The average molecular weight is 531 g/mol. The number of nitrogens with two attached hydrogens (primary N) is 1. The van der Waals surface area contributed by atoms with Crippen molar-refractivity contribution in [2.75, 3.05) is 5.73 Å². The van der Waals surface area contributed by atoms with Gasteiger partial charge in [0.15, 0.2) is 0 Å². The second-order valence-electron chi connectivity index (χ2n) is 11.1. The van der Waals surface area contributed by atoms with Crippen LogP contribution in [-0.4, -0.2) is 11.0 Å². The first-order chi connectivity index (χ1) is 19.3. The van der Waals surface area contributed by atoms with Gasteiger partial charge in [0, 0.05) is 17.8 Å². The Bertz CT molecular complexity index is 1530. The molecule has 0 bridgehead atoms. The second-order valence-corrected chi connectivity index (χ2v) is 11.1. The van der Waals surface area contributed by atoms with E-state index < -0.39 is 0 Å². The molecule has 0 radical (unpaired) electrons. The van der Waals surface area contributed by atoms with Gasteiger partial charge in [0.05, 0.1) is 6.61 Å². The van der Waals surface area contributed by atoms with Crippen LogP contribution in [0.3, 0.4) is 0 Å². The Labute approximate surface area is 237 Å². The Balaban J connectivity index is 1.33. The van der Waals surface area contributed by atoms with E-state index in [0.29, 0.717) is 29.6 Å². The summed E-state index contributed by atoms with van der Waals surface area (Å²) < 4.78 is 0. The predicted molar refractivity (Wildman–Crippen MR) is 165 cm³/mol. The highest BCUT2D eigenvalue weighted by molar-refractivity contribution is 5.95. The van der Waals surface area contributed by atoms with E-state index in [2.05, 4.69) is 68.6 Å². The molecule has 4 heteroatoms. The maximum Gasteiger partial charge on any atom is 0.251 e. The Kier molecular flexibility index (Phi) is 8.18. The normalized spacial score (nSPS) is 16.8. The quantitative estimate of drug-likeness (QED) is 0.216. The van der Waals surface area contributed by atoms with Crippen molar-refractivity contribution in [2.24, 2.45) is 5.92 Å². The van der Waals surface area contributed by atoms with Crippen molar-refractivity contribution in [3.8, 4) is 11.1 Å². The summed E-state index contributed by atoms with van der Waals surface area (Å²) >= 11 is 0. The average Bonchev–Trinajstić information content (AvgIpc) is 3.07. The number of fused-ring (bicyclic) bond motifs is 1. The zero-order valence-electron chi connectivity index (χ0n) is 23.6. The van der Waals surface area contributed by atoms with Gasteiger partial charge in [-0.15, -0.1) is 0 Å². The first kappa shape index (κ1) is 27.4. The topological polar surface area (TPSA) is 75.4 Å². The van der Waals surface area contributed by atoms with Crippen LogP contribution in [0.4, 0.5) is 5.69 Å². The molecule has 0 spiro atoms. The fourth-order valence-electron chi connectivity index (χ4n) is 5.86. The third-order valence-electron chi connectivity index (χ3n) is 8.51. The molecule has 4 aromatic rings. The van der Waals surface area contributed by atoms with Crippen LogP contribution in [0.2, 0.25) is 0 Å². The molecule has 5 rings (SSSR count). The van der Waals surface area contributed by atoms with Gasteiger partial charge in [-0.2, -0.15) is 0 Å². The number of nitrogen functional groups attached to an aromatic ring is 1. The molecular weight excluding hydrogens is 492 g/mol. The minimum Gasteiger partial charge on any atom is -0.399 e. The van der Waals surface area contributed by atoms with Gasteiger partial charge in [-0.05, 0) is 107 Å². The molecule has 2 unspecified atom stereocenters.